The maximum absolute atomic E-state index is 12.3. The molecule has 0 unspecified atom stereocenters. The highest BCUT2D eigenvalue weighted by atomic mass is 32.2. The summed E-state index contributed by atoms with van der Waals surface area (Å²) in [6, 6.07) is 7.12. The zero-order valence-corrected chi connectivity index (χ0v) is 16.4. The number of carbonyl (C=O) groups is 2. The van der Waals surface area contributed by atoms with Gasteiger partial charge < -0.3 is 15.4 Å². The Balaban J connectivity index is 1.98. The molecular formula is C18H24N4O3S. The van der Waals surface area contributed by atoms with E-state index in [4.69, 9.17) is 4.74 Å². The van der Waals surface area contributed by atoms with Crippen LogP contribution in [0.2, 0.25) is 0 Å². The molecule has 2 rings (SSSR count). The molecule has 1 atom stereocenters. The Bertz CT molecular complexity index is 753. The van der Waals surface area contributed by atoms with E-state index in [0.717, 1.165) is 5.71 Å². The first-order valence-corrected chi connectivity index (χ1v) is 9.12. The van der Waals surface area contributed by atoms with E-state index in [9.17, 15) is 9.59 Å². The summed E-state index contributed by atoms with van der Waals surface area (Å²) in [6.07, 6.45) is 0.0372. The van der Waals surface area contributed by atoms with Crippen molar-refractivity contribution in [1.29, 1.82) is 0 Å². The summed E-state index contributed by atoms with van der Waals surface area (Å²) in [5.74, 6) is 0.0592. The molecule has 0 saturated carbocycles. The van der Waals surface area contributed by atoms with Crippen molar-refractivity contribution in [2.24, 2.45) is 15.6 Å². The molecule has 0 spiro atoms. The molecule has 2 N–H and O–H groups in total. The molecule has 1 aliphatic heterocycles. The number of amides is 2. The zero-order chi connectivity index (χ0) is 19.3. The molecule has 1 saturated heterocycles. The minimum Gasteiger partial charge on any atom is -0.495 e. The Morgan fingerprint density at radius 3 is 2.69 bits per heavy atom. The monoisotopic (exact) mass is 376 g/mol. The molecule has 2 amide bonds. The quantitative estimate of drug-likeness (QED) is 0.610. The number of nitrogens with zero attached hydrogens (tertiary/aromatic N) is 2. The highest BCUT2D eigenvalue weighted by Gasteiger charge is 2.32. The van der Waals surface area contributed by atoms with Gasteiger partial charge in [-0.05, 0) is 19.1 Å². The van der Waals surface area contributed by atoms with Gasteiger partial charge >= 0.3 is 0 Å². The van der Waals surface area contributed by atoms with Crippen LogP contribution in [0.3, 0.4) is 0 Å². The van der Waals surface area contributed by atoms with Gasteiger partial charge in [-0.1, -0.05) is 44.7 Å². The number of para-hydroxylation sites is 2. The second-order valence-electron chi connectivity index (χ2n) is 6.89. The van der Waals surface area contributed by atoms with Crippen molar-refractivity contribution in [2.45, 2.75) is 39.4 Å². The summed E-state index contributed by atoms with van der Waals surface area (Å²) in [7, 11) is 1.54. The second kappa shape index (κ2) is 8.35. The minimum absolute atomic E-state index is 0.0372. The number of hydrogen-bond acceptors (Lipinski definition) is 6. The van der Waals surface area contributed by atoms with Gasteiger partial charge in [0.2, 0.25) is 11.8 Å². The summed E-state index contributed by atoms with van der Waals surface area (Å²) in [4.78, 5) is 24.3. The summed E-state index contributed by atoms with van der Waals surface area (Å²) < 4.78 is 5.20. The van der Waals surface area contributed by atoms with E-state index in [-0.39, 0.29) is 23.7 Å². The van der Waals surface area contributed by atoms with E-state index >= 15 is 0 Å². The summed E-state index contributed by atoms with van der Waals surface area (Å²) >= 11 is 1.21. The maximum atomic E-state index is 12.3. The first-order valence-electron chi connectivity index (χ1n) is 8.24. The predicted octanol–water partition coefficient (Wildman–Crippen LogP) is 3.03. The lowest BCUT2D eigenvalue weighted by molar-refractivity contribution is -0.122. The topological polar surface area (TPSA) is 92.2 Å². The van der Waals surface area contributed by atoms with E-state index in [1.165, 1.54) is 18.9 Å². The molecule has 1 aromatic rings. The number of hydrogen-bond donors (Lipinski definition) is 2. The lowest BCUT2D eigenvalue weighted by atomic mass is 9.91. The van der Waals surface area contributed by atoms with Crippen LogP contribution in [0.4, 0.5) is 5.69 Å². The fraction of sp³-hybridized carbons (Fsp3) is 0.444. The van der Waals surface area contributed by atoms with Crippen molar-refractivity contribution in [3.63, 3.8) is 0 Å². The largest absolute Gasteiger partial charge is 0.495 e. The Labute approximate surface area is 157 Å². The van der Waals surface area contributed by atoms with Gasteiger partial charge in [0.1, 0.15) is 11.0 Å². The van der Waals surface area contributed by atoms with E-state index < -0.39 is 5.25 Å². The van der Waals surface area contributed by atoms with Crippen LogP contribution in [0.25, 0.3) is 0 Å². The van der Waals surface area contributed by atoms with Gasteiger partial charge in [-0.2, -0.15) is 5.10 Å². The van der Waals surface area contributed by atoms with Crippen LogP contribution in [-0.2, 0) is 9.59 Å². The molecule has 0 radical (unpaired) electrons. The Hall–Kier alpha value is -2.35. The Kier molecular flexibility index (Phi) is 6.42. The molecule has 1 heterocycles. The fourth-order valence-electron chi connectivity index (χ4n) is 1.97. The molecule has 7 nitrogen and oxygen atoms in total. The van der Waals surface area contributed by atoms with Crippen LogP contribution in [-0.4, -0.2) is 35.1 Å². The molecule has 8 heteroatoms. The van der Waals surface area contributed by atoms with Crippen molar-refractivity contribution in [3.8, 4) is 5.75 Å². The number of anilines is 1. The van der Waals surface area contributed by atoms with Gasteiger partial charge in [0.05, 0.1) is 12.8 Å². The maximum Gasteiger partial charge on any atom is 0.240 e. The first-order chi connectivity index (χ1) is 12.2. The van der Waals surface area contributed by atoms with Gasteiger partial charge in [-0.25, -0.2) is 0 Å². The van der Waals surface area contributed by atoms with E-state index in [1.54, 1.807) is 18.2 Å². The van der Waals surface area contributed by atoms with Crippen LogP contribution >= 0.6 is 11.8 Å². The van der Waals surface area contributed by atoms with Crippen LogP contribution in [0, 0.1) is 5.41 Å². The number of ether oxygens (including phenoxy) is 1. The molecule has 1 aromatic carbocycles. The Morgan fingerprint density at radius 1 is 1.35 bits per heavy atom. The van der Waals surface area contributed by atoms with Crippen LogP contribution in [0.1, 0.15) is 34.1 Å². The van der Waals surface area contributed by atoms with Gasteiger partial charge in [0.15, 0.2) is 5.17 Å². The van der Waals surface area contributed by atoms with Gasteiger partial charge in [0, 0.05) is 17.5 Å². The number of rotatable bonds is 5. The molecule has 1 aliphatic rings. The Morgan fingerprint density at radius 2 is 2.04 bits per heavy atom. The lowest BCUT2D eigenvalue weighted by Gasteiger charge is -2.16. The molecule has 26 heavy (non-hydrogen) atoms. The number of carbonyl (C=O) groups excluding carboxylic acids is 2. The highest BCUT2D eigenvalue weighted by molar-refractivity contribution is 8.15. The summed E-state index contributed by atoms with van der Waals surface area (Å²) in [6.45, 7) is 8.01. The number of methoxy groups -OCH3 is 1. The van der Waals surface area contributed by atoms with Crippen LogP contribution in [0.5, 0.6) is 5.75 Å². The number of thioether (sulfide) groups is 1. The lowest BCUT2D eigenvalue weighted by Crippen LogP contribution is -2.28. The minimum atomic E-state index is -0.534. The third kappa shape index (κ3) is 5.32. The van der Waals surface area contributed by atoms with Gasteiger partial charge in [-0.15, -0.1) is 5.10 Å². The molecule has 0 aliphatic carbocycles. The van der Waals surface area contributed by atoms with Crippen LogP contribution in [0.15, 0.2) is 34.5 Å². The van der Waals surface area contributed by atoms with E-state index in [0.29, 0.717) is 16.6 Å². The predicted molar refractivity (Wildman–Crippen MR) is 106 cm³/mol. The first kappa shape index (κ1) is 20.0. The smallest absolute Gasteiger partial charge is 0.240 e. The number of nitrogens with one attached hydrogen (secondary N) is 2. The van der Waals surface area contributed by atoms with Crippen LogP contribution < -0.4 is 15.4 Å². The molecule has 1 fully saturated rings. The standard InChI is InChI=1S/C18H24N4O3S/c1-11(18(2,3)4)21-22-17-20-16(24)14(26-17)10-15(23)19-12-8-6-7-9-13(12)25-5/h6-9,14H,10H2,1-5H3,(H,19,23)(H,20,22,24)/b21-11-/t14-/m0/s1. The average Bonchev–Trinajstić information content (AvgIpc) is 2.91. The van der Waals surface area contributed by atoms with Crippen molar-refractivity contribution < 1.29 is 14.3 Å². The normalized spacial score (nSPS) is 19.4. The number of amidine groups is 1. The van der Waals surface area contributed by atoms with Crippen molar-refractivity contribution in [2.75, 3.05) is 12.4 Å². The van der Waals surface area contributed by atoms with E-state index in [2.05, 4.69) is 20.8 Å². The number of benzene rings is 1. The third-order valence-corrected chi connectivity index (χ3v) is 4.98. The molecule has 0 aromatic heterocycles. The van der Waals surface area contributed by atoms with Crippen molar-refractivity contribution in [3.05, 3.63) is 24.3 Å². The molecule has 140 valence electrons. The van der Waals surface area contributed by atoms with Gasteiger partial charge in [0.25, 0.3) is 0 Å². The summed E-state index contributed by atoms with van der Waals surface area (Å²) in [5, 5.41) is 13.6. The van der Waals surface area contributed by atoms with Gasteiger partial charge in [-0.3, -0.25) is 9.59 Å². The summed E-state index contributed by atoms with van der Waals surface area (Å²) in [5.41, 5.74) is 1.34. The fourth-order valence-corrected chi connectivity index (χ4v) is 2.89. The highest BCUT2D eigenvalue weighted by Crippen LogP contribution is 2.26. The SMILES string of the molecule is COc1ccccc1NC(=O)C[C@@H]1S/C(=N/N=C(/C)C(C)(C)C)NC1=O. The van der Waals surface area contributed by atoms with Crippen molar-refractivity contribution >= 4 is 40.1 Å². The average molecular weight is 376 g/mol. The zero-order valence-electron chi connectivity index (χ0n) is 15.6. The molecular weight excluding hydrogens is 352 g/mol. The van der Waals surface area contributed by atoms with Crippen molar-refractivity contribution in [1.82, 2.24) is 5.32 Å². The molecule has 0 bridgehead atoms. The van der Waals surface area contributed by atoms with E-state index in [1.807, 2.05) is 33.8 Å². The second-order valence-corrected chi connectivity index (χ2v) is 8.08. The third-order valence-electron chi connectivity index (χ3n) is 3.90.